The summed E-state index contributed by atoms with van der Waals surface area (Å²) >= 11 is 0. The summed E-state index contributed by atoms with van der Waals surface area (Å²) < 4.78 is 4.89. The van der Waals surface area contributed by atoms with Crippen LogP contribution in [0.5, 0.6) is 0 Å². The molecule has 0 aliphatic rings. The van der Waals surface area contributed by atoms with Gasteiger partial charge in [-0.2, -0.15) is 5.10 Å². The molecule has 8 nitrogen and oxygen atoms in total. The molecule has 0 spiro atoms. The molecule has 3 N–H and O–H groups in total. The topological polar surface area (TPSA) is 113 Å². The molecule has 0 unspecified atom stereocenters. The third-order valence-corrected chi connectivity index (χ3v) is 3.72. The molecule has 0 bridgehead atoms. The zero-order chi connectivity index (χ0) is 19.1. The molecule has 2 aromatic carbocycles. The summed E-state index contributed by atoms with van der Waals surface area (Å²) in [6.45, 7) is -0.301. The van der Waals surface area contributed by atoms with Gasteiger partial charge in [0.05, 0.1) is 11.9 Å². The lowest BCUT2D eigenvalue weighted by atomic mass is 10.2. The van der Waals surface area contributed by atoms with E-state index in [1.54, 1.807) is 30.3 Å². The number of nitrogens with zero attached hydrogens (tertiary/aromatic N) is 1. The fourth-order valence-corrected chi connectivity index (χ4v) is 2.44. The largest absolute Gasteiger partial charge is 0.456 e. The number of aromatic nitrogens is 2. The summed E-state index contributed by atoms with van der Waals surface area (Å²) in [5, 5.41) is 12.7. The number of anilines is 1. The van der Waals surface area contributed by atoms with E-state index in [-0.39, 0.29) is 31.2 Å². The number of carbonyl (C=O) groups is 3. The van der Waals surface area contributed by atoms with Crippen molar-refractivity contribution in [2.75, 3.05) is 18.5 Å². The summed E-state index contributed by atoms with van der Waals surface area (Å²) in [4.78, 5) is 35.6. The number of fused-ring (bicyclic) bond motifs is 1. The van der Waals surface area contributed by atoms with E-state index in [0.29, 0.717) is 11.1 Å². The van der Waals surface area contributed by atoms with Crippen LogP contribution in [-0.2, 0) is 14.3 Å². The molecule has 0 aliphatic carbocycles. The Morgan fingerprint density at radius 2 is 1.74 bits per heavy atom. The molecule has 0 atom stereocenters. The van der Waals surface area contributed by atoms with Crippen LogP contribution >= 0.6 is 0 Å². The Labute approximate surface area is 154 Å². The van der Waals surface area contributed by atoms with Gasteiger partial charge in [0.1, 0.15) is 0 Å². The third-order valence-electron chi connectivity index (χ3n) is 3.72. The molecule has 138 valence electrons. The normalized spacial score (nSPS) is 10.4. The molecule has 27 heavy (non-hydrogen) atoms. The molecule has 1 aromatic heterocycles. The van der Waals surface area contributed by atoms with Crippen molar-refractivity contribution in [2.45, 2.75) is 6.42 Å². The third kappa shape index (κ3) is 4.91. The molecule has 0 saturated carbocycles. The first-order valence-electron chi connectivity index (χ1n) is 8.35. The monoisotopic (exact) mass is 366 g/mol. The molecule has 0 saturated heterocycles. The van der Waals surface area contributed by atoms with Crippen LogP contribution in [0.25, 0.3) is 10.9 Å². The van der Waals surface area contributed by atoms with Gasteiger partial charge in [0.2, 0.25) is 0 Å². The second-order valence-corrected chi connectivity index (χ2v) is 5.70. The maximum atomic E-state index is 12.2. The standard InChI is InChI=1S/C19H18N4O4/c24-16(21-13-6-2-1-3-7-13)12-27-17(25)10-11-20-19(26)18-14-8-4-5-9-15(14)22-23-18/h1-9H,10-12H2,(H,20,26)(H,21,24)(H,22,23). The van der Waals surface area contributed by atoms with Gasteiger partial charge in [-0.25, -0.2) is 0 Å². The average Bonchev–Trinajstić information content (AvgIpc) is 3.11. The van der Waals surface area contributed by atoms with Crippen molar-refractivity contribution >= 4 is 34.4 Å². The van der Waals surface area contributed by atoms with Crippen molar-refractivity contribution in [3.63, 3.8) is 0 Å². The van der Waals surface area contributed by atoms with Gasteiger partial charge in [-0.1, -0.05) is 36.4 Å². The van der Waals surface area contributed by atoms with Crippen LogP contribution in [0.15, 0.2) is 54.6 Å². The number of aromatic amines is 1. The van der Waals surface area contributed by atoms with E-state index in [1.807, 2.05) is 24.3 Å². The van der Waals surface area contributed by atoms with E-state index >= 15 is 0 Å². The minimum atomic E-state index is -0.578. The second-order valence-electron chi connectivity index (χ2n) is 5.70. The van der Waals surface area contributed by atoms with Gasteiger partial charge in [0.15, 0.2) is 12.3 Å². The summed E-state index contributed by atoms with van der Waals surface area (Å²) in [6, 6.07) is 16.1. The molecule has 3 aromatic rings. The number of esters is 1. The van der Waals surface area contributed by atoms with Gasteiger partial charge < -0.3 is 15.4 Å². The van der Waals surface area contributed by atoms with Crippen LogP contribution in [0.2, 0.25) is 0 Å². The van der Waals surface area contributed by atoms with E-state index in [1.165, 1.54) is 0 Å². The zero-order valence-electron chi connectivity index (χ0n) is 14.4. The molecule has 8 heteroatoms. The summed E-state index contributed by atoms with van der Waals surface area (Å²) in [6.07, 6.45) is -0.0489. The van der Waals surface area contributed by atoms with Gasteiger partial charge in [-0.05, 0) is 18.2 Å². The quantitative estimate of drug-likeness (QED) is 0.553. The molecule has 3 rings (SSSR count). The van der Waals surface area contributed by atoms with Crippen molar-refractivity contribution in [3.05, 3.63) is 60.3 Å². The molecular weight excluding hydrogens is 348 g/mol. The summed E-state index contributed by atoms with van der Waals surface area (Å²) in [5.41, 5.74) is 1.64. The number of rotatable bonds is 7. The fourth-order valence-electron chi connectivity index (χ4n) is 2.44. The Bertz CT molecular complexity index is 953. The highest BCUT2D eigenvalue weighted by atomic mass is 16.5. The highest BCUT2D eigenvalue weighted by molar-refractivity contribution is 6.04. The Kier molecular flexibility index (Phi) is 5.78. The van der Waals surface area contributed by atoms with E-state index in [0.717, 1.165) is 5.52 Å². The van der Waals surface area contributed by atoms with Gasteiger partial charge in [-0.3, -0.25) is 19.5 Å². The highest BCUT2D eigenvalue weighted by Gasteiger charge is 2.14. The Hall–Kier alpha value is -3.68. The van der Waals surface area contributed by atoms with Gasteiger partial charge in [0.25, 0.3) is 11.8 Å². The minimum absolute atomic E-state index is 0.0489. The van der Waals surface area contributed by atoms with Crippen LogP contribution in [-0.4, -0.2) is 41.1 Å². The van der Waals surface area contributed by atoms with Crippen molar-refractivity contribution < 1.29 is 19.1 Å². The van der Waals surface area contributed by atoms with Crippen molar-refractivity contribution in [2.24, 2.45) is 0 Å². The predicted octanol–water partition coefficient (Wildman–Crippen LogP) is 1.86. The van der Waals surface area contributed by atoms with Gasteiger partial charge in [-0.15, -0.1) is 0 Å². The number of benzene rings is 2. The van der Waals surface area contributed by atoms with Crippen LogP contribution in [0.3, 0.4) is 0 Å². The number of nitrogens with one attached hydrogen (secondary N) is 3. The zero-order valence-corrected chi connectivity index (χ0v) is 14.4. The van der Waals surface area contributed by atoms with Crippen molar-refractivity contribution in [1.29, 1.82) is 0 Å². The predicted molar refractivity (Wildman–Crippen MR) is 99.1 cm³/mol. The number of hydrogen-bond donors (Lipinski definition) is 3. The van der Waals surface area contributed by atoms with Crippen LogP contribution in [0.4, 0.5) is 5.69 Å². The van der Waals surface area contributed by atoms with E-state index in [9.17, 15) is 14.4 Å². The number of amides is 2. The van der Waals surface area contributed by atoms with Crippen molar-refractivity contribution in [1.82, 2.24) is 15.5 Å². The van der Waals surface area contributed by atoms with E-state index in [4.69, 9.17) is 4.74 Å². The molecular formula is C19H18N4O4. The van der Waals surface area contributed by atoms with Gasteiger partial charge in [0, 0.05) is 17.6 Å². The summed E-state index contributed by atoms with van der Waals surface area (Å²) in [7, 11) is 0. The maximum absolute atomic E-state index is 12.2. The molecule has 2 amide bonds. The van der Waals surface area contributed by atoms with E-state index < -0.39 is 11.9 Å². The Morgan fingerprint density at radius 1 is 1.00 bits per heavy atom. The van der Waals surface area contributed by atoms with Gasteiger partial charge >= 0.3 is 5.97 Å². The smallest absolute Gasteiger partial charge is 0.308 e. The number of para-hydroxylation sites is 2. The lowest BCUT2D eigenvalue weighted by molar-refractivity contribution is -0.147. The molecule has 0 radical (unpaired) electrons. The number of H-pyrrole nitrogens is 1. The first kappa shape index (κ1) is 18.1. The first-order chi connectivity index (χ1) is 13.1. The highest BCUT2D eigenvalue weighted by Crippen LogP contribution is 2.14. The lowest BCUT2D eigenvalue weighted by Gasteiger charge is -2.07. The van der Waals surface area contributed by atoms with Crippen LogP contribution < -0.4 is 10.6 Å². The Morgan fingerprint density at radius 3 is 2.56 bits per heavy atom. The van der Waals surface area contributed by atoms with Crippen molar-refractivity contribution in [3.8, 4) is 0 Å². The SMILES string of the molecule is O=C(COC(=O)CCNC(=O)c1n[nH]c2ccccc12)Nc1ccccc1. The number of hydrogen-bond acceptors (Lipinski definition) is 5. The lowest BCUT2D eigenvalue weighted by Crippen LogP contribution is -2.28. The van der Waals surface area contributed by atoms with Crippen LogP contribution in [0, 0.1) is 0 Å². The Balaban J connectivity index is 1.39. The summed E-state index contributed by atoms with van der Waals surface area (Å²) in [5.74, 6) is -1.39. The fraction of sp³-hybridized carbons (Fsp3) is 0.158. The first-order valence-corrected chi connectivity index (χ1v) is 8.35. The van der Waals surface area contributed by atoms with Crippen LogP contribution in [0.1, 0.15) is 16.9 Å². The minimum Gasteiger partial charge on any atom is -0.456 e. The number of ether oxygens (including phenoxy) is 1. The maximum Gasteiger partial charge on any atom is 0.308 e. The molecule has 0 fully saturated rings. The average molecular weight is 366 g/mol. The second kappa shape index (κ2) is 8.61. The molecule has 1 heterocycles. The molecule has 0 aliphatic heterocycles. The van der Waals surface area contributed by atoms with E-state index in [2.05, 4.69) is 20.8 Å². The number of carbonyl (C=O) groups excluding carboxylic acids is 3.